The van der Waals surface area contributed by atoms with Crippen LogP contribution >= 0.6 is 15.9 Å². The van der Waals surface area contributed by atoms with E-state index in [9.17, 15) is 4.39 Å². The van der Waals surface area contributed by atoms with Gasteiger partial charge in [-0.2, -0.15) is 0 Å². The van der Waals surface area contributed by atoms with E-state index in [1.165, 1.54) is 17.7 Å². The van der Waals surface area contributed by atoms with Crippen molar-refractivity contribution in [3.05, 3.63) is 68.9 Å². The summed E-state index contributed by atoms with van der Waals surface area (Å²) in [7, 11) is 0. The van der Waals surface area contributed by atoms with Crippen LogP contribution in [-0.2, 0) is 0 Å². The zero-order chi connectivity index (χ0) is 14.0. The molecular weight excluding hydrogens is 307 g/mol. The predicted molar refractivity (Wildman–Crippen MR) is 79.2 cm³/mol. The van der Waals surface area contributed by atoms with Gasteiger partial charge in [0, 0.05) is 4.47 Å². The fourth-order valence-corrected chi connectivity index (χ4v) is 2.68. The molecule has 2 nitrogen and oxygen atoms in total. The molecule has 0 heterocycles. The maximum absolute atomic E-state index is 13.5. The summed E-state index contributed by atoms with van der Waals surface area (Å²) in [4.78, 5) is 0. The van der Waals surface area contributed by atoms with Crippen LogP contribution in [0, 0.1) is 19.7 Å². The van der Waals surface area contributed by atoms with E-state index in [0.29, 0.717) is 4.47 Å². The monoisotopic (exact) mass is 322 g/mol. The molecule has 2 aromatic carbocycles. The first-order chi connectivity index (χ1) is 9.02. The molecule has 0 aromatic heterocycles. The molecule has 3 N–H and O–H groups in total. The van der Waals surface area contributed by atoms with Crippen LogP contribution in [0.5, 0.6) is 0 Å². The van der Waals surface area contributed by atoms with E-state index >= 15 is 0 Å². The zero-order valence-corrected chi connectivity index (χ0v) is 12.5. The Kier molecular flexibility index (Phi) is 4.34. The van der Waals surface area contributed by atoms with E-state index in [4.69, 9.17) is 5.84 Å². The molecule has 0 spiro atoms. The molecule has 0 aliphatic heterocycles. The van der Waals surface area contributed by atoms with Crippen LogP contribution in [0.1, 0.15) is 28.3 Å². The van der Waals surface area contributed by atoms with Crippen molar-refractivity contribution in [2.75, 3.05) is 0 Å². The highest BCUT2D eigenvalue weighted by atomic mass is 79.9. The lowest BCUT2D eigenvalue weighted by molar-refractivity contribution is 0.603. The van der Waals surface area contributed by atoms with E-state index in [-0.39, 0.29) is 11.9 Å². The fourth-order valence-electron chi connectivity index (χ4n) is 2.19. The highest BCUT2D eigenvalue weighted by molar-refractivity contribution is 9.10. The van der Waals surface area contributed by atoms with Crippen LogP contribution in [0.25, 0.3) is 0 Å². The Labute approximate surface area is 120 Å². The second-order valence-corrected chi connectivity index (χ2v) is 5.51. The summed E-state index contributed by atoms with van der Waals surface area (Å²) in [6.45, 7) is 4.09. The Morgan fingerprint density at radius 1 is 1.21 bits per heavy atom. The quantitative estimate of drug-likeness (QED) is 0.667. The molecule has 0 radical (unpaired) electrons. The molecule has 4 heteroatoms. The van der Waals surface area contributed by atoms with Gasteiger partial charge in [-0.05, 0) is 54.3 Å². The van der Waals surface area contributed by atoms with Crippen LogP contribution in [0.15, 0.2) is 40.9 Å². The highest BCUT2D eigenvalue weighted by Gasteiger charge is 2.16. The number of hydrogen-bond acceptors (Lipinski definition) is 2. The topological polar surface area (TPSA) is 38.0 Å². The van der Waals surface area contributed by atoms with Gasteiger partial charge in [0.05, 0.1) is 6.04 Å². The Hall–Kier alpha value is -1.23. The normalized spacial score (nSPS) is 12.5. The van der Waals surface area contributed by atoms with Gasteiger partial charge < -0.3 is 0 Å². The molecule has 1 unspecified atom stereocenters. The fraction of sp³-hybridized carbons (Fsp3) is 0.200. The maximum Gasteiger partial charge on any atom is 0.124 e. The third-order valence-electron chi connectivity index (χ3n) is 3.34. The molecule has 100 valence electrons. The van der Waals surface area contributed by atoms with Crippen molar-refractivity contribution >= 4 is 15.9 Å². The number of aryl methyl sites for hydroxylation is 1. The summed E-state index contributed by atoms with van der Waals surface area (Å²) in [5.74, 6) is 5.39. The van der Waals surface area contributed by atoms with Crippen molar-refractivity contribution < 1.29 is 4.39 Å². The van der Waals surface area contributed by atoms with Gasteiger partial charge in [-0.15, -0.1) is 0 Å². The van der Waals surface area contributed by atoms with Crippen molar-refractivity contribution in [1.82, 2.24) is 5.43 Å². The van der Waals surface area contributed by atoms with Crippen molar-refractivity contribution in [2.45, 2.75) is 19.9 Å². The number of hydrazine groups is 1. The standard InChI is InChI=1S/C15H16BrFN2/c1-9-4-3-5-14(10(9)2)15(19-18)11-6-12(16)8-13(17)7-11/h3-8,15,19H,18H2,1-2H3. The van der Waals surface area contributed by atoms with Gasteiger partial charge in [-0.3, -0.25) is 5.84 Å². The van der Waals surface area contributed by atoms with Crippen LogP contribution in [0.4, 0.5) is 4.39 Å². The molecule has 0 bridgehead atoms. The third-order valence-corrected chi connectivity index (χ3v) is 3.80. The van der Waals surface area contributed by atoms with Crippen LogP contribution in [-0.4, -0.2) is 0 Å². The number of benzene rings is 2. The number of nitrogens with one attached hydrogen (secondary N) is 1. The SMILES string of the molecule is Cc1cccc(C(NN)c2cc(F)cc(Br)c2)c1C. The molecule has 0 saturated carbocycles. The first kappa shape index (κ1) is 14.2. The van der Waals surface area contributed by atoms with Gasteiger partial charge in [0.1, 0.15) is 5.82 Å². The minimum Gasteiger partial charge on any atom is -0.271 e. The summed E-state index contributed by atoms with van der Waals surface area (Å²) in [5, 5.41) is 0. The van der Waals surface area contributed by atoms with Crippen LogP contribution < -0.4 is 11.3 Å². The first-order valence-electron chi connectivity index (χ1n) is 6.01. The van der Waals surface area contributed by atoms with E-state index in [1.54, 1.807) is 0 Å². The van der Waals surface area contributed by atoms with Gasteiger partial charge >= 0.3 is 0 Å². The number of nitrogens with two attached hydrogens (primary N) is 1. The van der Waals surface area contributed by atoms with Gasteiger partial charge in [-0.25, -0.2) is 9.82 Å². The summed E-state index contributed by atoms with van der Waals surface area (Å²) in [5.41, 5.74) is 6.97. The van der Waals surface area contributed by atoms with Gasteiger partial charge in [0.25, 0.3) is 0 Å². The summed E-state index contributed by atoms with van der Waals surface area (Å²) in [6.07, 6.45) is 0. The Morgan fingerprint density at radius 2 is 1.95 bits per heavy atom. The van der Waals surface area contributed by atoms with Crippen LogP contribution in [0.3, 0.4) is 0 Å². The van der Waals surface area contributed by atoms with Crippen LogP contribution in [0.2, 0.25) is 0 Å². The molecule has 0 aliphatic carbocycles. The minimum atomic E-state index is -0.282. The second kappa shape index (κ2) is 5.82. The van der Waals surface area contributed by atoms with Gasteiger partial charge in [-0.1, -0.05) is 34.1 Å². The lowest BCUT2D eigenvalue weighted by Crippen LogP contribution is -2.29. The zero-order valence-electron chi connectivity index (χ0n) is 10.9. The average molecular weight is 323 g/mol. The molecule has 0 fully saturated rings. The smallest absolute Gasteiger partial charge is 0.124 e. The highest BCUT2D eigenvalue weighted by Crippen LogP contribution is 2.28. The van der Waals surface area contributed by atoms with E-state index in [0.717, 1.165) is 16.7 Å². The predicted octanol–water partition coefficient (Wildman–Crippen LogP) is 3.76. The number of rotatable bonds is 3. The lowest BCUT2D eigenvalue weighted by atomic mass is 9.93. The van der Waals surface area contributed by atoms with Crippen molar-refractivity contribution in [2.24, 2.45) is 5.84 Å². The molecular formula is C15H16BrFN2. The molecule has 1 atom stereocenters. The van der Waals surface area contributed by atoms with E-state index in [1.807, 2.05) is 38.1 Å². The average Bonchev–Trinajstić information content (AvgIpc) is 2.34. The Balaban J connectivity index is 2.53. The van der Waals surface area contributed by atoms with E-state index < -0.39 is 0 Å². The van der Waals surface area contributed by atoms with Crippen molar-refractivity contribution in [3.8, 4) is 0 Å². The lowest BCUT2D eigenvalue weighted by Gasteiger charge is -2.20. The summed E-state index contributed by atoms with van der Waals surface area (Å²) < 4.78 is 14.2. The maximum atomic E-state index is 13.5. The molecule has 19 heavy (non-hydrogen) atoms. The number of halogens is 2. The van der Waals surface area contributed by atoms with E-state index in [2.05, 4.69) is 21.4 Å². The molecule has 0 saturated heterocycles. The Morgan fingerprint density at radius 3 is 2.58 bits per heavy atom. The molecule has 2 aromatic rings. The summed E-state index contributed by atoms with van der Waals surface area (Å²) in [6, 6.07) is 10.6. The second-order valence-electron chi connectivity index (χ2n) is 4.59. The van der Waals surface area contributed by atoms with Crippen molar-refractivity contribution in [1.29, 1.82) is 0 Å². The minimum absolute atomic E-state index is 0.230. The van der Waals surface area contributed by atoms with Crippen molar-refractivity contribution in [3.63, 3.8) is 0 Å². The Bertz CT molecular complexity index is 578. The van der Waals surface area contributed by atoms with Gasteiger partial charge in [0.15, 0.2) is 0 Å². The third kappa shape index (κ3) is 3.03. The first-order valence-corrected chi connectivity index (χ1v) is 6.80. The molecule has 2 rings (SSSR count). The summed E-state index contributed by atoms with van der Waals surface area (Å²) >= 11 is 3.31. The van der Waals surface area contributed by atoms with Gasteiger partial charge in [0.2, 0.25) is 0 Å². The molecule has 0 aliphatic rings. The molecule has 0 amide bonds. The number of hydrogen-bond donors (Lipinski definition) is 2. The largest absolute Gasteiger partial charge is 0.271 e.